The van der Waals surface area contributed by atoms with Gasteiger partial charge in [-0.2, -0.15) is 13.2 Å². The lowest BCUT2D eigenvalue weighted by molar-refractivity contribution is -0.204. The molecule has 3 heterocycles. The number of esters is 1. The Morgan fingerprint density at radius 1 is 1.12 bits per heavy atom. The van der Waals surface area contributed by atoms with E-state index in [-0.39, 0.29) is 12.1 Å². The number of rotatable bonds is 5. The number of hydrogen-bond acceptors (Lipinski definition) is 5. The Labute approximate surface area is 190 Å². The van der Waals surface area contributed by atoms with E-state index in [0.29, 0.717) is 24.4 Å². The van der Waals surface area contributed by atoms with Crippen LogP contribution in [0.15, 0.2) is 48.7 Å². The van der Waals surface area contributed by atoms with Gasteiger partial charge in [0.1, 0.15) is 11.9 Å². The number of aromatic nitrogens is 1. The van der Waals surface area contributed by atoms with Crippen molar-refractivity contribution in [1.29, 1.82) is 0 Å². The van der Waals surface area contributed by atoms with Crippen LogP contribution in [0.25, 0.3) is 0 Å². The Hall–Kier alpha value is -2.32. The minimum absolute atomic E-state index is 0.00592. The standard InChI is InChI=1S/C23H25ClF3N3O2/c24-17-6-4-16(5-7-17)13-19-14-20(32-22(31)23(25,26)27)15-30(19)18-8-11-29(12-9-18)21-3-1-2-10-28-21/h1-7,10,18-20H,8-9,11-15H2/t19-,20-/m0/s1. The Bertz CT molecular complexity index is 903. The Kier molecular flexibility index (Phi) is 6.90. The van der Waals surface area contributed by atoms with Crippen LogP contribution in [0.1, 0.15) is 24.8 Å². The number of nitrogens with zero attached hydrogens (tertiary/aromatic N) is 3. The molecule has 9 heteroatoms. The lowest BCUT2D eigenvalue weighted by atomic mass is 9.99. The molecule has 0 unspecified atom stereocenters. The average molecular weight is 468 g/mol. The fourth-order valence-electron chi connectivity index (χ4n) is 4.71. The highest BCUT2D eigenvalue weighted by molar-refractivity contribution is 6.30. The van der Waals surface area contributed by atoms with Crippen molar-refractivity contribution in [2.24, 2.45) is 0 Å². The van der Waals surface area contributed by atoms with Gasteiger partial charge in [-0.3, -0.25) is 4.90 Å². The van der Waals surface area contributed by atoms with Crippen molar-refractivity contribution < 1.29 is 22.7 Å². The maximum Gasteiger partial charge on any atom is 0.490 e. The number of hydrogen-bond donors (Lipinski definition) is 0. The zero-order valence-electron chi connectivity index (χ0n) is 17.5. The zero-order valence-corrected chi connectivity index (χ0v) is 18.2. The molecule has 2 aliphatic heterocycles. The molecule has 0 bridgehead atoms. The number of alkyl halides is 3. The molecule has 0 aliphatic carbocycles. The number of carbonyl (C=O) groups is 1. The molecule has 2 atom stereocenters. The summed E-state index contributed by atoms with van der Waals surface area (Å²) >= 11 is 5.98. The molecule has 0 radical (unpaired) electrons. The first-order chi connectivity index (χ1) is 15.3. The second kappa shape index (κ2) is 9.67. The van der Waals surface area contributed by atoms with Crippen molar-refractivity contribution >= 4 is 23.4 Å². The Morgan fingerprint density at radius 3 is 2.47 bits per heavy atom. The van der Waals surface area contributed by atoms with Crippen molar-refractivity contribution in [2.75, 3.05) is 24.5 Å². The van der Waals surface area contributed by atoms with Crippen LogP contribution in [0.4, 0.5) is 19.0 Å². The molecule has 2 saturated heterocycles. The van der Waals surface area contributed by atoms with E-state index < -0.39 is 18.2 Å². The number of halogens is 4. The Balaban J connectivity index is 1.44. The summed E-state index contributed by atoms with van der Waals surface area (Å²) in [5, 5.41) is 0.635. The monoisotopic (exact) mass is 467 g/mol. The summed E-state index contributed by atoms with van der Waals surface area (Å²) < 4.78 is 43.0. The number of piperidine rings is 1. The maximum atomic E-state index is 12.7. The molecular weight excluding hydrogens is 443 g/mol. The van der Waals surface area contributed by atoms with E-state index in [1.165, 1.54) is 0 Å². The van der Waals surface area contributed by atoms with Gasteiger partial charge in [0.2, 0.25) is 0 Å². The summed E-state index contributed by atoms with van der Waals surface area (Å²) in [6, 6.07) is 13.5. The fourth-order valence-corrected chi connectivity index (χ4v) is 4.83. The molecule has 1 aromatic heterocycles. The summed E-state index contributed by atoms with van der Waals surface area (Å²) in [5.74, 6) is -1.18. The van der Waals surface area contributed by atoms with Crippen LogP contribution in [-0.4, -0.2) is 59.9 Å². The topological polar surface area (TPSA) is 45.7 Å². The number of ether oxygens (including phenoxy) is 1. The minimum Gasteiger partial charge on any atom is -0.454 e. The van der Waals surface area contributed by atoms with Crippen molar-refractivity contribution in [1.82, 2.24) is 9.88 Å². The number of benzene rings is 1. The molecule has 2 aromatic rings. The van der Waals surface area contributed by atoms with Crippen LogP contribution >= 0.6 is 11.6 Å². The highest BCUT2D eigenvalue weighted by Gasteiger charge is 2.45. The summed E-state index contributed by atoms with van der Waals surface area (Å²) in [7, 11) is 0. The van der Waals surface area contributed by atoms with Crippen molar-refractivity contribution in [2.45, 2.75) is 50.0 Å². The normalized spacial score (nSPS) is 22.8. The molecule has 4 rings (SSSR count). The van der Waals surface area contributed by atoms with E-state index in [4.69, 9.17) is 16.3 Å². The molecule has 1 aromatic carbocycles. The van der Waals surface area contributed by atoms with Crippen LogP contribution < -0.4 is 4.90 Å². The van der Waals surface area contributed by atoms with E-state index in [2.05, 4.69) is 14.8 Å². The highest BCUT2D eigenvalue weighted by atomic mass is 35.5. The first-order valence-electron chi connectivity index (χ1n) is 10.7. The number of anilines is 1. The molecule has 5 nitrogen and oxygen atoms in total. The van der Waals surface area contributed by atoms with E-state index in [1.54, 1.807) is 6.20 Å². The fraction of sp³-hybridized carbons (Fsp3) is 0.478. The first kappa shape index (κ1) is 22.9. The number of carbonyl (C=O) groups excluding carboxylic acids is 1. The molecule has 172 valence electrons. The largest absolute Gasteiger partial charge is 0.490 e. The zero-order chi connectivity index (χ0) is 22.7. The average Bonchev–Trinajstić information content (AvgIpc) is 3.17. The molecule has 2 aliphatic rings. The summed E-state index contributed by atoms with van der Waals surface area (Å²) in [6.45, 7) is 1.95. The molecule has 0 amide bonds. The molecule has 0 spiro atoms. The lowest BCUT2D eigenvalue weighted by Crippen LogP contribution is -2.48. The third-order valence-electron chi connectivity index (χ3n) is 6.21. The van der Waals surface area contributed by atoms with Gasteiger partial charge in [0.15, 0.2) is 0 Å². The van der Waals surface area contributed by atoms with Crippen LogP contribution in [0.5, 0.6) is 0 Å². The smallest absolute Gasteiger partial charge is 0.454 e. The molecule has 0 N–H and O–H groups in total. The van der Waals surface area contributed by atoms with Crippen LogP contribution in [0.2, 0.25) is 5.02 Å². The van der Waals surface area contributed by atoms with Gasteiger partial charge in [0.25, 0.3) is 0 Å². The highest BCUT2D eigenvalue weighted by Crippen LogP contribution is 2.32. The van der Waals surface area contributed by atoms with Gasteiger partial charge in [0, 0.05) is 49.4 Å². The van der Waals surface area contributed by atoms with Crippen molar-refractivity contribution in [3.05, 3.63) is 59.2 Å². The van der Waals surface area contributed by atoms with E-state index in [9.17, 15) is 18.0 Å². The molecule has 2 fully saturated rings. The third kappa shape index (κ3) is 5.53. The predicted molar refractivity (Wildman–Crippen MR) is 116 cm³/mol. The van der Waals surface area contributed by atoms with Gasteiger partial charge < -0.3 is 9.64 Å². The van der Waals surface area contributed by atoms with E-state index >= 15 is 0 Å². The second-order valence-electron chi connectivity index (χ2n) is 8.35. The Morgan fingerprint density at radius 2 is 1.84 bits per heavy atom. The summed E-state index contributed by atoms with van der Waals surface area (Å²) in [6.07, 6.45) is -1.20. The van der Waals surface area contributed by atoms with Crippen LogP contribution in [0, 0.1) is 0 Å². The lowest BCUT2D eigenvalue weighted by Gasteiger charge is -2.39. The predicted octanol–water partition coefficient (Wildman–Crippen LogP) is 4.49. The summed E-state index contributed by atoms with van der Waals surface area (Å²) in [5.41, 5.74) is 1.05. The molecule has 32 heavy (non-hydrogen) atoms. The SMILES string of the molecule is O=C(O[C@H]1C[C@H](Cc2ccc(Cl)cc2)N(C2CCN(c3ccccn3)CC2)C1)C(F)(F)F. The third-order valence-corrected chi connectivity index (χ3v) is 6.47. The van der Waals surface area contributed by atoms with Gasteiger partial charge in [-0.05, 0) is 49.1 Å². The van der Waals surface area contributed by atoms with Gasteiger partial charge in [-0.1, -0.05) is 29.8 Å². The summed E-state index contributed by atoms with van der Waals surface area (Å²) in [4.78, 5) is 20.3. The van der Waals surface area contributed by atoms with Gasteiger partial charge in [0.05, 0.1) is 0 Å². The van der Waals surface area contributed by atoms with E-state index in [1.807, 2.05) is 42.5 Å². The quantitative estimate of drug-likeness (QED) is 0.606. The van der Waals surface area contributed by atoms with Crippen LogP contribution in [0.3, 0.4) is 0 Å². The van der Waals surface area contributed by atoms with E-state index in [0.717, 1.165) is 37.3 Å². The van der Waals surface area contributed by atoms with Gasteiger partial charge in [-0.15, -0.1) is 0 Å². The molecular formula is C23H25ClF3N3O2. The van der Waals surface area contributed by atoms with Crippen molar-refractivity contribution in [3.63, 3.8) is 0 Å². The molecule has 0 saturated carbocycles. The number of likely N-dealkylation sites (tertiary alicyclic amines) is 1. The maximum absolute atomic E-state index is 12.7. The first-order valence-corrected chi connectivity index (χ1v) is 11.1. The van der Waals surface area contributed by atoms with Crippen molar-refractivity contribution in [3.8, 4) is 0 Å². The number of pyridine rings is 1. The van der Waals surface area contributed by atoms with Gasteiger partial charge >= 0.3 is 12.1 Å². The van der Waals surface area contributed by atoms with Gasteiger partial charge in [-0.25, -0.2) is 9.78 Å². The second-order valence-corrected chi connectivity index (χ2v) is 8.78. The minimum atomic E-state index is -4.98. The van der Waals surface area contributed by atoms with Crippen LogP contribution in [-0.2, 0) is 16.0 Å².